The van der Waals surface area contributed by atoms with Crippen LogP contribution in [0.5, 0.6) is 5.75 Å². The van der Waals surface area contributed by atoms with Crippen molar-refractivity contribution < 1.29 is 13.2 Å². The van der Waals surface area contributed by atoms with Crippen LogP contribution in [0.15, 0.2) is 42.7 Å². The fourth-order valence-corrected chi connectivity index (χ4v) is 2.92. The van der Waals surface area contributed by atoms with Crippen LogP contribution in [0.2, 0.25) is 0 Å². The van der Waals surface area contributed by atoms with Gasteiger partial charge in [0.15, 0.2) is 0 Å². The SMILES string of the molecule is COc1ccc(NS(=O)(=O)CCc2ccncc2)cc1N. The second kappa shape index (κ2) is 6.45. The third-order valence-electron chi connectivity index (χ3n) is 2.91. The van der Waals surface area contributed by atoms with Gasteiger partial charge in [0.05, 0.1) is 24.2 Å². The molecule has 0 aliphatic heterocycles. The van der Waals surface area contributed by atoms with E-state index in [2.05, 4.69) is 9.71 Å². The van der Waals surface area contributed by atoms with E-state index in [1.54, 1.807) is 36.7 Å². The highest BCUT2D eigenvalue weighted by molar-refractivity contribution is 7.92. The molecule has 0 amide bonds. The van der Waals surface area contributed by atoms with Crippen molar-refractivity contribution in [3.05, 3.63) is 48.3 Å². The average Bonchev–Trinajstić information content (AvgIpc) is 2.46. The zero-order chi connectivity index (χ0) is 15.3. The van der Waals surface area contributed by atoms with Gasteiger partial charge in [-0.1, -0.05) is 0 Å². The highest BCUT2D eigenvalue weighted by Crippen LogP contribution is 2.25. The van der Waals surface area contributed by atoms with Gasteiger partial charge in [-0.3, -0.25) is 9.71 Å². The van der Waals surface area contributed by atoms with Gasteiger partial charge in [0, 0.05) is 12.4 Å². The monoisotopic (exact) mass is 307 g/mol. The van der Waals surface area contributed by atoms with Crippen molar-refractivity contribution in [1.82, 2.24) is 4.98 Å². The third kappa shape index (κ3) is 4.35. The topological polar surface area (TPSA) is 94.3 Å². The molecule has 0 aliphatic rings. The number of sulfonamides is 1. The van der Waals surface area contributed by atoms with Crippen molar-refractivity contribution >= 4 is 21.4 Å². The van der Waals surface area contributed by atoms with Crippen LogP contribution in [0.3, 0.4) is 0 Å². The number of nitrogen functional groups attached to an aromatic ring is 1. The van der Waals surface area contributed by atoms with E-state index in [-0.39, 0.29) is 5.75 Å². The number of hydrogen-bond donors (Lipinski definition) is 2. The van der Waals surface area contributed by atoms with E-state index in [4.69, 9.17) is 10.5 Å². The molecular weight excluding hydrogens is 290 g/mol. The molecule has 7 heteroatoms. The number of aryl methyl sites for hydroxylation is 1. The Morgan fingerprint density at radius 2 is 1.95 bits per heavy atom. The summed E-state index contributed by atoms with van der Waals surface area (Å²) in [6, 6.07) is 8.35. The standard InChI is InChI=1S/C14H17N3O3S/c1-20-14-3-2-12(10-13(14)15)17-21(18,19)9-6-11-4-7-16-8-5-11/h2-5,7-8,10,17H,6,9,15H2,1H3. The summed E-state index contributed by atoms with van der Waals surface area (Å²) in [4.78, 5) is 3.89. The van der Waals surface area contributed by atoms with Crippen molar-refractivity contribution in [2.45, 2.75) is 6.42 Å². The predicted molar refractivity (Wildman–Crippen MR) is 82.8 cm³/mol. The molecule has 0 saturated carbocycles. The fourth-order valence-electron chi connectivity index (χ4n) is 1.83. The quantitative estimate of drug-likeness (QED) is 0.791. The zero-order valence-corrected chi connectivity index (χ0v) is 12.4. The van der Waals surface area contributed by atoms with Crippen LogP contribution in [0.25, 0.3) is 0 Å². The van der Waals surface area contributed by atoms with Crippen LogP contribution in [0, 0.1) is 0 Å². The number of anilines is 2. The number of nitrogens with zero attached hydrogens (tertiary/aromatic N) is 1. The summed E-state index contributed by atoms with van der Waals surface area (Å²) in [7, 11) is -1.93. The van der Waals surface area contributed by atoms with Crippen LogP contribution >= 0.6 is 0 Å². The number of pyridine rings is 1. The fraction of sp³-hybridized carbons (Fsp3) is 0.214. The van der Waals surface area contributed by atoms with E-state index in [0.29, 0.717) is 23.5 Å². The van der Waals surface area contributed by atoms with Crippen LogP contribution in [-0.4, -0.2) is 26.3 Å². The van der Waals surface area contributed by atoms with Crippen molar-refractivity contribution in [1.29, 1.82) is 0 Å². The highest BCUT2D eigenvalue weighted by atomic mass is 32.2. The second-order valence-corrected chi connectivity index (χ2v) is 6.32. The Labute approximate surface area is 124 Å². The number of methoxy groups -OCH3 is 1. The van der Waals surface area contributed by atoms with Gasteiger partial charge in [0.2, 0.25) is 10.0 Å². The Morgan fingerprint density at radius 1 is 1.24 bits per heavy atom. The molecule has 0 atom stereocenters. The normalized spacial score (nSPS) is 11.1. The number of nitrogens with two attached hydrogens (primary N) is 1. The lowest BCUT2D eigenvalue weighted by atomic mass is 10.2. The first-order chi connectivity index (χ1) is 10.00. The summed E-state index contributed by atoms with van der Waals surface area (Å²) in [6.45, 7) is 0. The summed E-state index contributed by atoms with van der Waals surface area (Å²) in [6.07, 6.45) is 3.70. The third-order valence-corrected chi connectivity index (χ3v) is 4.20. The number of ether oxygens (including phenoxy) is 1. The van der Waals surface area contributed by atoms with Crippen molar-refractivity contribution in [2.24, 2.45) is 0 Å². The molecule has 21 heavy (non-hydrogen) atoms. The van der Waals surface area contributed by atoms with E-state index in [1.165, 1.54) is 13.2 Å². The molecule has 112 valence electrons. The minimum absolute atomic E-state index is 0.0110. The minimum Gasteiger partial charge on any atom is -0.495 e. The molecule has 1 aromatic heterocycles. The number of benzene rings is 1. The van der Waals surface area contributed by atoms with E-state index in [0.717, 1.165) is 5.56 Å². The lowest BCUT2D eigenvalue weighted by Crippen LogP contribution is -2.18. The number of aromatic nitrogens is 1. The van der Waals surface area contributed by atoms with Crippen molar-refractivity contribution in [2.75, 3.05) is 23.3 Å². The molecule has 6 nitrogen and oxygen atoms in total. The lowest BCUT2D eigenvalue weighted by molar-refractivity contribution is 0.417. The van der Waals surface area contributed by atoms with Crippen LogP contribution in [-0.2, 0) is 16.4 Å². The molecular formula is C14H17N3O3S. The van der Waals surface area contributed by atoms with E-state index in [1.807, 2.05) is 0 Å². The molecule has 0 aliphatic carbocycles. The summed E-state index contributed by atoms with van der Waals surface area (Å²) in [5.74, 6) is 0.498. The summed E-state index contributed by atoms with van der Waals surface area (Å²) >= 11 is 0. The number of hydrogen-bond acceptors (Lipinski definition) is 5. The molecule has 0 saturated heterocycles. The van der Waals surface area contributed by atoms with Gasteiger partial charge < -0.3 is 10.5 Å². The molecule has 1 aromatic carbocycles. The zero-order valence-electron chi connectivity index (χ0n) is 11.6. The molecule has 3 N–H and O–H groups in total. The second-order valence-electron chi connectivity index (χ2n) is 4.48. The molecule has 0 bridgehead atoms. The Bertz CT molecular complexity index is 703. The Morgan fingerprint density at radius 3 is 2.57 bits per heavy atom. The van der Waals surface area contributed by atoms with Gasteiger partial charge in [-0.2, -0.15) is 0 Å². The van der Waals surface area contributed by atoms with Gasteiger partial charge in [-0.25, -0.2) is 8.42 Å². The summed E-state index contributed by atoms with van der Waals surface area (Å²) < 4.78 is 31.6. The molecule has 0 radical (unpaired) electrons. The van der Waals surface area contributed by atoms with Gasteiger partial charge in [-0.15, -0.1) is 0 Å². The summed E-state index contributed by atoms with van der Waals surface area (Å²) in [5.41, 5.74) is 7.47. The first-order valence-corrected chi connectivity index (χ1v) is 7.98. The van der Waals surface area contributed by atoms with Gasteiger partial charge in [0.25, 0.3) is 0 Å². The van der Waals surface area contributed by atoms with E-state index in [9.17, 15) is 8.42 Å². The molecule has 2 aromatic rings. The van der Waals surface area contributed by atoms with Crippen LogP contribution in [0.4, 0.5) is 11.4 Å². The van der Waals surface area contributed by atoms with E-state index >= 15 is 0 Å². The molecule has 0 fully saturated rings. The Kier molecular flexibility index (Phi) is 4.64. The maximum absolute atomic E-state index is 12.0. The smallest absolute Gasteiger partial charge is 0.233 e. The van der Waals surface area contributed by atoms with E-state index < -0.39 is 10.0 Å². The highest BCUT2D eigenvalue weighted by Gasteiger charge is 2.11. The maximum Gasteiger partial charge on any atom is 0.233 e. The van der Waals surface area contributed by atoms with Gasteiger partial charge in [0.1, 0.15) is 5.75 Å². The van der Waals surface area contributed by atoms with Gasteiger partial charge >= 0.3 is 0 Å². The molecule has 0 unspecified atom stereocenters. The number of nitrogens with one attached hydrogen (secondary N) is 1. The first kappa shape index (κ1) is 15.1. The Hall–Kier alpha value is -2.28. The minimum atomic E-state index is -3.44. The van der Waals surface area contributed by atoms with Crippen LogP contribution < -0.4 is 15.2 Å². The Balaban J connectivity index is 2.02. The van der Waals surface area contributed by atoms with Crippen LogP contribution in [0.1, 0.15) is 5.56 Å². The van der Waals surface area contributed by atoms with Gasteiger partial charge in [-0.05, 0) is 42.3 Å². The predicted octanol–water partition coefficient (Wildman–Crippen LogP) is 1.66. The maximum atomic E-state index is 12.0. The number of rotatable bonds is 6. The summed E-state index contributed by atoms with van der Waals surface area (Å²) in [5, 5.41) is 0. The molecule has 0 spiro atoms. The molecule has 1 heterocycles. The van der Waals surface area contributed by atoms with Crippen molar-refractivity contribution in [3.63, 3.8) is 0 Å². The van der Waals surface area contributed by atoms with Crippen molar-refractivity contribution in [3.8, 4) is 5.75 Å². The average molecular weight is 307 g/mol. The molecule has 2 rings (SSSR count). The first-order valence-electron chi connectivity index (χ1n) is 6.33. The lowest BCUT2D eigenvalue weighted by Gasteiger charge is -2.10. The largest absolute Gasteiger partial charge is 0.495 e.